The number of nitrogen functional groups attached to an aromatic ring is 1. The van der Waals surface area contributed by atoms with E-state index in [1.54, 1.807) is 13.0 Å². The molecule has 0 saturated heterocycles. The second-order valence-electron chi connectivity index (χ2n) is 4.72. The minimum absolute atomic E-state index is 0.0524. The Labute approximate surface area is 102 Å². The van der Waals surface area contributed by atoms with Gasteiger partial charge in [0.15, 0.2) is 0 Å². The molecule has 0 fully saturated rings. The molecule has 1 aromatic rings. The van der Waals surface area contributed by atoms with E-state index in [9.17, 15) is 13.5 Å². The van der Waals surface area contributed by atoms with Gasteiger partial charge in [-0.05, 0) is 44.5 Å². The lowest BCUT2D eigenvalue weighted by Gasteiger charge is -2.18. The summed E-state index contributed by atoms with van der Waals surface area (Å²) in [6.45, 7) is 4.77. The van der Waals surface area contributed by atoms with Crippen LogP contribution in [-0.4, -0.2) is 25.7 Å². The Bertz CT molecular complexity index is 484. The van der Waals surface area contributed by atoms with Crippen LogP contribution in [0.3, 0.4) is 0 Å². The van der Waals surface area contributed by atoms with E-state index in [4.69, 9.17) is 5.73 Å². The molecule has 0 aliphatic carbocycles. The molecule has 5 nitrogen and oxygen atoms in total. The highest BCUT2D eigenvalue weighted by Gasteiger charge is 2.20. The largest absolute Gasteiger partial charge is 0.399 e. The molecule has 1 aromatic carbocycles. The average molecular weight is 258 g/mol. The molecule has 1 rings (SSSR count). The molecule has 0 atom stereocenters. The number of benzene rings is 1. The molecule has 0 spiro atoms. The molecule has 0 aliphatic rings. The van der Waals surface area contributed by atoms with Gasteiger partial charge >= 0.3 is 0 Å². The number of rotatable bonds is 4. The quantitative estimate of drug-likeness (QED) is 0.690. The van der Waals surface area contributed by atoms with Crippen molar-refractivity contribution in [3.05, 3.63) is 23.8 Å². The Morgan fingerprint density at radius 1 is 1.35 bits per heavy atom. The fourth-order valence-corrected chi connectivity index (χ4v) is 2.63. The number of nitrogens with two attached hydrogens (primary N) is 1. The first-order valence-corrected chi connectivity index (χ1v) is 6.68. The maximum absolute atomic E-state index is 11.9. The molecular formula is C11H18N2O3S. The third kappa shape index (κ3) is 4.33. The Balaban J connectivity index is 2.98. The number of aliphatic hydroxyl groups is 1. The number of aryl methyl sites for hydroxylation is 1. The minimum Gasteiger partial charge on any atom is -0.399 e. The lowest BCUT2D eigenvalue weighted by molar-refractivity contribution is 0.0857. The molecular weight excluding hydrogens is 240 g/mol. The molecule has 96 valence electrons. The number of sulfonamides is 1. The maximum atomic E-state index is 11.9. The van der Waals surface area contributed by atoms with Gasteiger partial charge in [0.25, 0.3) is 0 Å². The highest BCUT2D eigenvalue weighted by atomic mass is 32.2. The van der Waals surface area contributed by atoms with Crippen LogP contribution >= 0.6 is 0 Å². The van der Waals surface area contributed by atoms with E-state index in [1.165, 1.54) is 26.0 Å². The minimum atomic E-state index is -3.63. The third-order valence-electron chi connectivity index (χ3n) is 2.08. The summed E-state index contributed by atoms with van der Waals surface area (Å²) >= 11 is 0. The summed E-state index contributed by atoms with van der Waals surface area (Å²) in [4.78, 5) is 0.110. The van der Waals surface area contributed by atoms with Crippen LogP contribution in [0.1, 0.15) is 19.4 Å². The topological polar surface area (TPSA) is 92.4 Å². The predicted octanol–water partition coefficient (Wildman–Crippen LogP) is 0.626. The van der Waals surface area contributed by atoms with E-state index in [1.807, 2.05) is 0 Å². The summed E-state index contributed by atoms with van der Waals surface area (Å²) < 4.78 is 26.1. The molecule has 0 unspecified atom stereocenters. The second-order valence-corrected chi connectivity index (χ2v) is 6.48. The van der Waals surface area contributed by atoms with Crippen LogP contribution in [-0.2, 0) is 10.0 Å². The van der Waals surface area contributed by atoms with Crippen molar-refractivity contribution in [3.63, 3.8) is 0 Å². The van der Waals surface area contributed by atoms with Crippen LogP contribution in [0.15, 0.2) is 23.1 Å². The van der Waals surface area contributed by atoms with Crippen molar-refractivity contribution in [2.24, 2.45) is 0 Å². The highest BCUT2D eigenvalue weighted by molar-refractivity contribution is 7.89. The van der Waals surface area contributed by atoms with Gasteiger partial charge < -0.3 is 10.8 Å². The molecule has 6 heteroatoms. The zero-order chi connectivity index (χ0) is 13.3. The maximum Gasteiger partial charge on any atom is 0.240 e. The third-order valence-corrected chi connectivity index (χ3v) is 3.46. The Morgan fingerprint density at radius 3 is 2.41 bits per heavy atom. The van der Waals surface area contributed by atoms with Crippen molar-refractivity contribution in [3.8, 4) is 0 Å². The van der Waals surface area contributed by atoms with Crippen LogP contribution in [0.25, 0.3) is 0 Å². The molecule has 0 heterocycles. The first-order chi connectivity index (χ1) is 7.60. The van der Waals surface area contributed by atoms with Crippen molar-refractivity contribution in [1.82, 2.24) is 4.72 Å². The summed E-state index contributed by atoms with van der Waals surface area (Å²) in [5.41, 5.74) is 5.67. The van der Waals surface area contributed by atoms with Crippen LogP contribution in [0.4, 0.5) is 5.69 Å². The van der Waals surface area contributed by atoms with E-state index >= 15 is 0 Å². The van der Waals surface area contributed by atoms with Crippen LogP contribution < -0.4 is 10.5 Å². The first kappa shape index (κ1) is 14.0. The molecule has 4 N–H and O–H groups in total. The number of nitrogens with one attached hydrogen (secondary N) is 1. The summed E-state index contributed by atoms with van der Waals surface area (Å²) in [7, 11) is -3.63. The summed E-state index contributed by atoms with van der Waals surface area (Å²) in [5, 5.41) is 9.49. The fourth-order valence-electron chi connectivity index (χ4n) is 1.29. The van der Waals surface area contributed by atoms with Gasteiger partial charge in [0.05, 0.1) is 10.5 Å². The molecule has 0 saturated carbocycles. The van der Waals surface area contributed by atoms with Crippen LogP contribution in [0.5, 0.6) is 0 Å². The SMILES string of the molecule is Cc1cc(N)cc(S(=O)(=O)NCC(C)(C)O)c1. The molecule has 17 heavy (non-hydrogen) atoms. The Hall–Kier alpha value is -1.11. The van der Waals surface area contributed by atoms with Gasteiger partial charge in [-0.3, -0.25) is 0 Å². The van der Waals surface area contributed by atoms with Gasteiger partial charge in [0.2, 0.25) is 10.0 Å². The van der Waals surface area contributed by atoms with Crippen molar-refractivity contribution in [2.45, 2.75) is 31.3 Å². The summed E-state index contributed by atoms with van der Waals surface area (Å²) in [6, 6.07) is 4.61. The van der Waals surface area contributed by atoms with E-state index in [0.29, 0.717) is 5.69 Å². The monoisotopic (exact) mass is 258 g/mol. The smallest absolute Gasteiger partial charge is 0.240 e. The molecule has 0 aliphatic heterocycles. The lowest BCUT2D eigenvalue weighted by atomic mass is 10.1. The highest BCUT2D eigenvalue weighted by Crippen LogP contribution is 2.16. The predicted molar refractivity (Wildman–Crippen MR) is 67.1 cm³/mol. The number of hydrogen-bond donors (Lipinski definition) is 3. The van der Waals surface area contributed by atoms with E-state index in [2.05, 4.69) is 4.72 Å². The molecule has 0 amide bonds. The van der Waals surface area contributed by atoms with Gasteiger partial charge in [0.1, 0.15) is 0 Å². The lowest BCUT2D eigenvalue weighted by Crippen LogP contribution is -2.38. The normalized spacial score (nSPS) is 12.7. The zero-order valence-electron chi connectivity index (χ0n) is 10.2. The molecule has 0 bridgehead atoms. The van der Waals surface area contributed by atoms with Crippen molar-refractivity contribution >= 4 is 15.7 Å². The van der Waals surface area contributed by atoms with Crippen LogP contribution in [0, 0.1) is 6.92 Å². The summed E-state index contributed by atoms with van der Waals surface area (Å²) in [5.74, 6) is 0. The Morgan fingerprint density at radius 2 is 1.94 bits per heavy atom. The number of anilines is 1. The van der Waals surface area contributed by atoms with Crippen molar-refractivity contribution < 1.29 is 13.5 Å². The average Bonchev–Trinajstić information content (AvgIpc) is 2.12. The van der Waals surface area contributed by atoms with Gasteiger partial charge in [-0.15, -0.1) is 0 Å². The molecule has 0 radical (unpaired) electrons. The van der Waals surface area contributed by atoms with Crippen molar-refractivity contribution in [2.75, 3.05) is 12.3 Å². The van der Waals surface area contributed by atoms with Crippen LogP contribution in [0.2, 0.25) is 0 Å². The van der Waals surface area contributed by atoms with Crippen molar-refractivity contribution in [1.29, 1.82) is 0 Å². The fraction of sp³-hybridized carbons (Fsp3) is 0.455. The first-order valence-electron chi connectivity index (χ1n) is 5.19. The second kappa shape index (κ2) is 4.64. The van der Waals surface area contributed by atoms with Gasteiger partial charge in [0, 0.05) is 12.2 Å². The van der Waals surface area contributed by atoms with E-state index in [-0.39, 0.29) is 11.4 Å². The standard InChI is InChI=1S/C11H18N2O3S/c1-8-4-9(12)6-10(5-8)17(15,16)13-7-11(2,3)14/h4-6,13-14H,7,12H2,1-3H3. The summed E-state index contributed by atoms with van der Waals surface area (Å²) in [6.07, 6.45) is 0. The van der Waals surface area contributed by atoms with E-state index < -0.39 is 15.6 Å². The zero-order valence-corrected chi connectivity index (χ0v) is 11.0. The van der Waals surface area contributed by atoms with Gasteiger partial charge in [-0.1, -0.05) is 0 Å². The van der Waals surface area contributed by atoms with E-state index in [0.717, 1.165) is 5.56 Å². The van der Waals surface area contributed by atoms with Gasteiger partial charge in [-0.25, -0.2) is 13.1 Å². The molecule has 0 aromatic heterocycles. The van der Waals surface area contributed by atoms with Gasteiger partial charge in [-0.2, -0.15) is 0 Å². The number of hydrogen-bond acceptors (Lipinski definition) is 4. The Kier molecular flexibility index (Phi) is 3.81.